The first-order valence-corrected chi connectivity index (χ1v) is 7.22. The number of hydrogen-bond donors (Lipinski definition) is 0. The van der Waals surface area contributed by atoms with Crippen LogP contribution in [-0.2, 0) is 4.74 Å². The van der Waals surface area contributed by atoms with Crippen LogP contribution in [0.5, 0.6) is 0 Å². The van der Waals surface area contributed by atoms with E-state index >= 15 is 0 Å². The van der Waals surface area contributed by atoms with Gasteiger partial charge in [0, 0.05) is 24.4 Å². The summed E-state index contributed by atoms with van der Waals surface area (Å²) >= 11 is 7.39. The van der Waals surface area contributed by atoms with Crippen LogP contribution in [0.3, 0.4) is 0 Å². The highest BCUT2D eigenvalue weighted by Crippen LogP contribution is 2.42. The Morgan fingerprint density at radius 2 is 2.27 bits per heavy atom. The van der Waals surface area contributed by atoms with Gasteiger partial charge in [-0.2, -0.15) is 0 Å². The predicted octanol–water partition coefficient (Wildman–Crippen LogP) is 2.42. The van der Waals surface area contributed by atoms with E-state index < -0.39 is 0 Å². The van der Waals surface area contributed by atoms with E-state index in [9.17, 15) is 0 Å². The maximum absolute atomic E-state index is 5.70. The lowest BCUT2D eigenvalue weighted by Crippen LogP contribution is -2.39. The van der Waals surface area contributed by atoms with Crippen LogP contribution in [0.25, 0.3) is 0 Å². The molecule has 84 valence electrons. The molecular formula is C11H17NOS2. The minimum absolute atomic E-state index is 0.447. The highest BCUT2D eigenvalue weighted by Gasteiger charge is 2.42. The van der Waals surface area contributed by atoms with E-state index in [0.29, 0.717) is 6.10 Å². The molecule has 0 aromatic rings. The summed E-state index contributed by atoms with van der Waals surface area (Å²) in [5.74, 6) is 0. The molecule has 0 spiro atoms. The molecular weight excluding hydrogens is 226 g/mol. The molecule has 3 rings (SSSR count). The highest BCUT2D eigenvalue weighted by atomic mass is 32.2. The lowest BCUT2D eigenvalue weighted by atomic mass is 10.2. The average molecular weight is 243 g/mol. The summed E-state index contributed by atoms with van der Waals surface area (Å²) in [6, 6.07) is 0.728. The highest BCUT2D eigenvalue weighted by molar-refractivity contribution is 8.23. The van der Waals surface area contributed by atoms with Crippen LogP contribution in [0.4, 0.5) is 0 Å². The van der Waals surface area contributed by atoms with Crippen LogP contribution in [0.1, 0.15) is 32.1 Å². The van der Waals surface area contributed by atoms with Crippen molar-refractivity contribution in [2.45, 2.75) is 49.5 Å². The second kappa shape index (κ2) is 4.22. The smallest absolute Gasteiger partial charge is 0.137 e. The second-order valence-corrected chi connectivity index (χ2v) is 6.58. The summed E-state index contributed by atoms with van der Waals surface area (Å²) < 4.78 is 6.83. The first-order chi connectivity index (χ1) is 7.34. The summed E-state index contributed by atoms with van der Waals surface area (Å²) in [6.07, 6.45) is 6.98. The Labute approximate surface area is 101 Å². The number of rotatable bonds is 2. The Morgan fingerprint density at radius 3 is 3.07 bits per heavy atom. The van der Waals surface area contributed by atoms with Crippen molar-refractivity contribution < 1.29 is 4.74 Å². The van der Waals surface area contributed by atoms with E-state index in [4.69, 9.17) is 17.0 Å². The molecule has 0 aromatic carbocycles. The van der Waals surface area contributed by atoms with E-state index in [0.717, 1.165) is 28.8 Å². The zero-order chi connectivity index (χ0) is 10.3. The van der Waals surface area contributed by atoms with Crippen molar-refractivity contribution in [3.63, 3.8) is 0 Å². The normalized spacial score (nSPS) is 40.1. The van der Waals surface area contributed by atoms with Gasteiger partial charge in [0.25, 0.3) is 0 Å². The summed E-state index contributed by atoms with van der Waals surface area (Å²) in [7, 11) is 0. The van der Waals surface area contributed by atoms with Gasteiger partial charge in [0.2, 0.25) is 0 Å². The van der Waals surface area contributed by atoms with Gasteiger partial charge in [0.1, 0.15) is 4.32 Å². The lowest BCUT2D eigenvalue weighted by molar-refractivity contribution is 0.0858. The van der Waals surface area contributed by atoms with Crippen LogP contribution in [0.2, 0.25) is 0 Å². The Hall–Kier alpha value is 0.200. The molecule has 2 heterocycles. The molecule has 2 saturated heterocycles. The maximum Gasteiger partial charge on any atom is 0.137 e. The Kier molecular flexibility index (Phi) is 2.92. The summed E-state index contributed by atoms with van der Waals surface area (Å²) in [5, 5.41) is 0.791. The average Bonchev–Trinajstić information content (AvgIpc) is 2.86. The van der Waals surface area contributed by atoms with E-state index in [1.54, 1.807) is 0 Å². The third kappa shape index (κ3) is 1.92. The zero-order valence-corrected chi connectivity index (χ0v) is 10.5. The number of hydrogen-bond acceptors (Lipinski definition) is 3. The van der Waals surface area contributed by atoms with E-state index in [2.05, 4.69) is 4.90 Å². The van der Waals surface area contributed by atoms with Crippen molar-refractivity contribution in [1.29, 1.82) is 0 Å². The SMILES string of the molecule is S=C1SC2CCCC2N1CC1CCCO1. The van der Waals surface area contributed by atoms with Crippen molar-refractivity contribution in [2.24, 2.45) is 0 Å². The minimum Gasteiger partial charge on any atom is -0.376 e. The Bertz CT molecular complexity index is 265. The lowest BCUT2D eigenvalue weighted by Gasteiger charge is -2.27. The molecule has 0 bridgehead atoms. The van der Waals surface area contributed by atoms with Crippen LogP contribution in [0.15, 0.2) is 0 Å². The third-order valence-corrected chi connectivity index (χ3v) is 5.54. The molecule has 3 aliphatic rings. The first-order valence-electron chi connectivity index (χ1n) is 5.93. The molecule has 0 N–H and O–H groups in total. The fourth-order valence-corrected chi connectivity index (χ4v) is 4.86. The zero-order valence-electron chi connectivity index (χ0n) is 8.85. The van der Waals surface area contributed by atoms with Crippen molar-refractivity contribution in [1.82, 2.24) is 4.90 Å². The summed E-state index contributed by atoms with van der Waals surface area (Å²) in [6.45, 7) is 2.00. The van der Waals surface area contributed by atoms with E-state index in [-0.39, 0.29) is 0 Å². The van der Waals surface area contributed by atoms with Crippen LogP contribution >= 0.6 is 24.0 Å². The topological polar surface area (TPSA) is 12.5 Å². The van der Waals surface area contributed by atoms with Gasteiger partial charge in [-0.15, -0.1) is 0 Å². The molecule has 3 unspecified atom stereocenters. The van der Waals surface area contributed by atoms with Gasteiger partial charge in [-0.3, -0.25) is 0 Å². The van der Waals surface area contributed by atoms with Crippen molar-refractivity contribution in [3.8, 4) is 0 Å². The summed E-state index contributed by atoms with van der Waals surface area (Å²) in [5.41, 5.74) is 0. The molecule has 2 aliphatic heterocycles. The van der Waals surface area contributed by atoms with Crippen molar-refractivity contribution >= 4 is 28.3 Å². The Balaban J connectivity index is 1.65. The largest absolute Gasteiger partial charge is 0.376 e. The number of thioether (sulfide) groups is 1. The van der Waals surface area contributed by atoms with E-state index in [1.165, 1.54) is 32.1 Å². The van der Waals surface area contributed by atoms with Gasteiger partial charge in [-0.25, -0.2) is 0 Å². The van der Waals surface area contributed by atoms with E-state index in [1.807, 2.05) is 11.8 Å². The van der Waals surface area contributed by atoms with Crippen molar-refractivity contribution in [2.75, 3.05) is 13.2 Å². The quantitative estimate of drug-likeness (QED) is 0.690. The molecule has 4 heteroatoms. The molecule has 3 fully saturated rings. The van der Waals surface area contributed by atoms with Gasteiger partial charge < -0.3 is 9.64 Å². The fourth-order valence-electron chi connectivity index (χ4n) is 2.95. The summed E-state index contributed by atoms with van der Waals surface area (Å²) in [4.78, 5) is 2.45. The maximum atomic E-state index is 5.70. The number of fused-ring (bicyclic) bond motifs is 1. The monoisotopic (exact) mass is 243 g/mol. The van der Waals surface area contributed by atoms with Crippen LogP contribution < -0.4 is 0 Å². The predicted molar refractivity (Wildman–Crippen MR) is 67.3 cm³/mol. The molecule has 1 saturated carbocycles. The third-order valence-electron chi connectivity index (χ3n) is 3.73. The molecule has 15 heavy (non-hydrogen) atoms. The van der Waals surface area contributed by atoms with Gasteiger partial charge in [0.15, 0.2) is 0 Å². The van der Waals surface area contributed by atoms with Crippen LogP contribution in [0, 0.1) is 0 Å². The number of ether oxygens (including phenoxy) is 1. The number of nitrogens with zero attached hydrogens (tertiary/aromatic N) is 1. The second-order valence-electron chi connectivity index (χ2n) is 4.71. The van der Waals surface area contributed by atoms with Gasteiger partial charge in [-0.1, -0.05) is 30.4 Å². The standard InChI is InChI=1S/C11H17NOS2/c14-11-12(7-8-3-2-6-13-8)9-4-1-5-10(9)15-11/h8-10H,1-7H2. The number of thiocarbonyl (C=S) groups is 1. The van der Waals surface area contributed by atoms with Gasteiger partial charge in [0.05, 0.1) is 6.10 Å². The first kappa shape index (κ1) is 10.4. The fraction of sp³-hybridized carbons (Fsp3) is 0.909. The van der Waals surface area contributed by atoms with Crippen LogP contribution in [-0.4, -0.2) is 39.8 Å². The molecule has 3 atom stereocenters. The van der Waals surface area contributed by atoms with Gasteiger partial charge >= 0.3 is 0 Å². The molecule has 0 aromatic heterocycles. The minimum atomic E-state index is 0.447. The molecule has 1 aliphatic carbocycles. The Morgan fingerprint density at radius 1 is 1.33 bits per heavy atom. The van der Waals surface area contributed by atoms with Crippen molar-refractivity contribution in [3.05, 3.63) is 0 Å². The van der Waals surface area contributed by atoms with Gasteiger partial charge in [-0.05, 0) is 25.7 Å². The molecule has 0 amide bonds. The molecule has 0 radical (unpaired) electrons. The molecule has 2 nitrogen and oxygen atoms in total.